The van der Waals surface area contributed by atoms with E-state index in [-0.39, 0.29) is 11.8 Å². The number of aromatic nitrogens is 3. The normalized spacial score (nSPS) is 18.1. The standard InChI is InChI=1S/C28H23N7O2.CH5P/c29-19-5-3-16-7-9-35(23(16)11-19)26(36)22-12-24(32-15-31-22)33-20-6-4-17-13-28(14-18(17)10-20)21-2-1-8-30-25(21)34-27(28)37;1-2/h1-6,8,10-12,15H,7,9,13-14,29H2,(H,30,34,37)(H,31,32,33);2H2,1H3. The fraction of sp³-hybridized carbons (Fsp3) is 0.207. The van der Waals surface area contributed by atoms with Gasteiger partial charge in [0.25, 0.3) is 5.91 Å². The third kappa shape index (κ3) is 4.19. The second-order valence-electron chi connectivity index (χ2n) is 9.78. The van der Waals surface area contributed by atoms with Crippen LogP contribution < -0.4 is 21.3 Å². The lowest BCUT2D eigenvalue weighted by molar-refractivity contribution is -0.120. The zero-order valence-electron chi connectivity index (χ0n) is 21.4. The number of pyridine rings is 1. The van der Waals surface area contributed by atoms with Gasteiger partial charge in [0.05, 0.1) is 5.41 Å². The molecule has 2 aromatic heterocycles. The zero-order valence-corrected chi connectivity index (χ0v) is 22.6. The van der Waals surface area contributed by atoms with Gasteiger partial charge in [0.15, 0.2) is 0 Å². The number of amides is 2. The molecule has 3 aliphatic rings. The highest BCUT2D eigenvalue weighted by Gasteiger charge is 2.51. The van der Waals surface area contributed by atoms with E-state index in [1.807, 2.05) is 49.1 Å². The van der Waals surface area contributed by atoms with Crippen molar-refractivity contribution in [1.29, 1.82) is 0 Å². The number of hydrogen-bond donors (Lipinski definition) is 3. The van der Waals surface area contributed by atoms with Gasteiger partial charge >= 0.3 is 0 Å². The summed E-state index contributed by atoms with van der Waals surface area (Å²) in [5.74, 6) is 0.979. The number of fused-ring (bicyclic) bond motifs is 4. The van der Waals surface area contributed by atoms with Gasteiger partial charge in [-0.3, -0.25) is 9.59 Å². The summed E-state index contributed by atoms with van der Waals surface area (Å²) in [6, 6.07) is 17.2. The SMILES string of the molecule is CP.Nc1ccc2c(c1)N(C(=O)c1cc(Nc3ccc4c(c3)CC3(C4)C(=O)Nc4ncccc43)ncn1)CC2. The van der Waals surface area contributed by atoms with Crippen LogP contribution in [-0.2, 0) is 29.5 Å². The predicted octanol–water partition coefficient (Wildman–Crippen LogP) is 3.88. The Bertz CT molecular complexity index is 1630. The molecule has 196 valence electrons. The third-order valence-corrected chi connectivity index (χ3v) is 7.59. The Morgan fingerprint density at radius 2 is 1.85 bits per heavy atom. The van der Waals surface area contributed by atoms with Crippen LogP contribution in [0.25, 0.3) is 0 Å². The Morgan fingerprint density at radius 3 is 2.72 bits per heavy atom. The van der Waals surface area contributed by atoms with Crippen molar-refractivity contribution >= 4 is 49.8 Å². The van der Waals surface area contributed by atoms with Crippen LogP contribution in [0.5, 0.6) is 0 Å². The highest BCUT2D eigenvalue weighted by Crippen LogP contribution is 2.47. The number of carbonyl (C=O) groups excluding carboxylic acids is 2. The van der Waals surface area contributed by atoms with Crippen LogP contribution >= 0.6 is 9.24 Å². The number of rotatable bonds is 3. The smallest absolute Gasteiger partial charge is 0.277 e. The molecule has 7 rings (SSSR count). The fourth-order valence-corrected chi connectivity index (χ4v) is 5.78. The van der Waals surface area contributed by atoms with Crippen LogP contribution in [-0.4, -0.2) is 40.0 Å². The molecule has 0 saturated heterocycles. The topological polar surface area (TPSA) is 126 Å². The van der Waals surface area contributed by atoms with E-state index >= 15 is 0 Å². The lowest BCUT2D eigenvalue weighted by Crippen LogP contribution is -2.35. The number of benzene rings is 2. The van der Waals surface area contributed by atoms with E-state index in [1.54, 1.807) is 17.2 Å². The number of hydrogen-bond acceptors (Lipinski definition) is 7. The Balaban J connectivity index is 0.00000135. The molecule has 0 radical (unpaired) electrons. The Morgan fingerprint density at radius 1 is 1.03 bits per heavy atom. The van der Waals surface area contributed by atoms with E-state index in [9.17, 15) is 9.59 Å². The van der Waals surface area contributed by atoms with Crippen LogP contribution in [0.3, 0.4) is 0 Å². The molecule has 2 amide bonds. The maximum absolute atomic E-state index is 13.3. The summed E-state index contributed by atoms with van der Waals surface area (Å²) in [4.78, 5) is 40.9. The lowest BCUT2D eigenvalue weighted by atomic mass is 9.79. The first-order valence-corrected chi connectivity index (χ1v) is 13.9. The largest absolute Gasteiger partial charge is 0.399 e. The summed E-state index contributed by atoms with van der Waals surface area (Å²) in [6.07, 6.45) is 5.11. The molecular formula is C29H28N7O2P. The van der Waals surface area contributed by atoms with E-state index < -0.39 is 5.41 Å². The first-order chi connectivity index (χ1) is 19.0. The minimum Gasteiger partial charge on any atom is -0.399 e. The van der Waals surface area contributed by atoms with Gasteiger partial charge < -0.3 is 21.3 Å². The molecule has 4 heterocycles. The molecule has 1 spiro atoms. The number of carbonyl (C=O) groups is 2. The fourth-order valence-electron chi connectivity index (χ4n) is 5.78. The second kappa shape index (κ2) is 9.75. The molecule has 4 aromatic rings. The van der Waals surface area contributed by atoms with Gasteiger partial charge in [0.1, 0.15) is 23.7 Å². The first kappa shape index (κ1) is 24.9. The third-order valence-electron chi connectivity index (χ3n) is 7.59. The monoisotopic (exact) mass is 537 g/mol. The predicted molar refractivity (Wildman–Crippen MR) is 156 cm³/mol. The number of nitrogen functional groups attached to an aromatic ring is 1. The molecule has 2 unspecified atom stereocenters. The molecule has 2 atom stereocenters. The molecule has 4 N–H and O–H groups in total. The van der Waals surface area contributed by atoms with E-state index in [0.717, 1.165) is 40.0 Å². The average Bonchev–Trinajstić information content (AvgIpc) is 3.63. The summed E-state index contributed by atoms with van der Waals surface area (Å²) in [7, 11) is 2.42. The van der Waals surface area contributed by atoms with Crippen molar-refractivity contribution in [2.45, 2.75) is 24.7 Å². The molecule has 2 aliphatic heterocycles. The van der Waals surface area contributed by atoms with Gasteiger partial charge in [0, 0.05) is 41.4 Å². The number of nitrogens with two attached hydrogens (primary N) is 1. The molecule has 10 heteroatoms. The maximum atomic E-state index is 13.3. The van der Waals surface area contributed by atoms with Gasteiger partial charge in [-0.15, -0.1) is 9.24 Å². The molecular weight excluding hydrogens is 509 g/mol. The Kier molecular flexibility index (Phi) is 6.23. The molecule has 0 bridgehead atoms. The van der Waals surface area contributed by atoms with Crippen molar-refractivity contribution in [3.05, 3.63) is 95.1 Å². The van der Waals surface area contributed by atoms with E-state index in [4.69, 9.17) is 5.73 Å². The van der Waals surface area contributed by atoms with Gasteiger partial charge in [-0.25, -0.2) is 15.0 Å². The van der Waals surface area contributed by atoms with Crippen LogP contribution in [0.15, 0.2) is 67.1 Å². The number of anilines is 5. The second-order valence-corrected chi connectivity index (χ2v) is 9.78. The van der Waals surface area contributed by atoms with Crippen LogP contribution in [0.4, 0.5) is 28.7 Å². The molecule has 2 aromatic carbocycles. The minimum atomic E-state index is -0.617. The zero-order chi connectivity index (χ0) is 27.1. The Hall–Kier alpha value is -4.36. The highest BCUT2D eigenvalue weighted by molar-refractivity contribution is 7.15. The summed E-state index contributed by atoms with van der Waals surface area (Å²) >= 11 is 0. The van der Waals surface area contributed by atoms with Crippen molar-refractivity contribution in [2.24, 2.45) is 0 Å². The maximum Gasteiger partial charge on any atom is 0.277 e. The molecule has 0 saturated carbocycles. The Labute approximate surface area is 228 Å². The summed E-state index contributed by atoms with van der Waals surface area (Å²) in [5.41, 5.74) is 12.2. The molecule has 0 fully saturated rings. The number of nitrogens with one attached hydrogen (secondary N) is 2. The lowest BCUT2D eigenvalue weighted by Gasteiger charge is -2.20. The van der Waals surface area contributed by atoms with E-state index in [1.165, 1.54) is 6.33 Å². The molecule has 1 aliphatic carbocycles. The van der Waals surface area contributed by atoms with Crippen molar-refractivity contribution in [1.82, 2.24) is 15.0 Å². The van der Waals surface area contributed by atoms with E-state index in [2.05, 4.69) is 40.9 Å². The summed E-state index contributed by atoms with van der Waals surface area (Å²) in [5, 5.41) is 6.25. The van der Waals surface area contributed by atoms with Crippen molar-refractivity contribution in [3.8, 4) is 0 Å². The first-order valence-electron chi connectivity index (χ1n) is 12.8. The van der Waals surface area contributed by atoms with E-state index in [0.29, 0.717) is 42.4 Å². The average molecular weight is 538 g/mol. The van der Waals surface area contributed by atoms with Crippen LogP contribution in [0.1, 0.15) is 32.7 Å². The molecule has 9 nitrogen and oxygen atoms in total. The van der Waals surface area contributed by atoms with Crippen molar-refractivity contribution < 1.29 is 9.59 Å². The van der Waals surface area contributed by atoms with Gasteiger partial charge in [-0.05, 0) is 66.3 Å². The van der Waals surface area contributed by atoms with Crippen LogP contribution in [0, 0.1) is 0 Å². The number of nitrogens with zero attached hydrogens (tertiary/aromatic N) is 4. The van der Waals surface area contributed by atoms with Crippen molar-refractivity contribution in [3.63, 3.8) is 0 Å². The van der Waals surface area contributed by atoms with Crippen LogP contribution in [0.2, 0.25) is 0 Å². The van der Waals surface area contributed by atoms with Gasteiger partial charge in [-0.2, -0.15) is 0 Å². The highest BCUT2D eigenvalue weighted by atomic mass is 31.0. The summed E-state index contributed by atoms with van der Waals surface area (Å²) < 4.78 is 0. The van der Waals surface area contributed by atoms with Gasteiger partial charge in [0.2, 0.25) is 5.91 Å². The summed E-state index contributed by atoms with van der Waals surface area (Å²) in [6.45, 7) is 2.50. The van der Waals surface area contributed by atoms with Gasteiger partial charge in [-0.1, -0.05) is 24.9 Å². The quantitative estimate of drug-likeness (QED) is 0.267. The minimum absolute atomic E-state index is 0.00361. The van der Waals surface area contributed by atoms with Crippen molar-refractivity contribution in [2.75, 3.05) is 34.5 Å². The molecule has 39 heavy (non-hydrogen) atoms.